The summed E-state index contributed by atoms with van der Waals surface area (Å²) in [6, 6.07) is 0.526. The van der Waals surface area contributed by atoms with Gasteiger partial charge in [0.15, 0.2) is 0 Å². The third-order valence-corrected chi connectivity index (χ3v) is 1.75. The highest BCUT2D eigenvalue weighted by atomic mass is 16.5. The molecule has 1 heterocycles. The minimum Gasteiger partial charge on any atom is -0.465 e. The van der Waals surface area contributed by atoms with E-state index in [0.29, 0.717) is 5.69 Å². The number of nitrogens with two attached hydrogens (primary N) is 1. The molecule has 1 aromatic heterocycles. The Hall–Kier alpha value is -1.69. The monoisotopic (exact) mass is 211 g/mol. The molecule has 1 rings (SSSR count). The highest BCUT2D eigenvalue weighted by Crippen LogP contribution is 1.96. The number of rotatable bonds is 4. The summed E-state index contributed by atoms with van der Waals surface area (Å²) in [5.74, 6) is -0.486. The average Bonchev–Trinajstić information content (AvgIpc) is 2.18. The van der Waals surface area contributed by atoms with Crippen LogP contribution in [0.3, 0.4) is 0 Å². The van der Waals surface area contributed by atoms with Gasteiger partial charge in [0, 0.05) is 18.2 Å². The van der Waals surface area contributed by atoms with Gasteiger partial charge in [0.05, 0.1) is 12.9 Å². The van der Waals surface area contributed by atoms with Crippen molar-refractivity contribution in [3.63, 3.8) is 0 Å². The van der Waals surface area contributed by atoms with E-state index in [-0.39, 0.29) is 18.6 Å². The number of hydrogen-bond acceptors (Lipinski definition) is 5. The van der Waals surface area contributed by atoms with Gasteiger partial charge in [-0.05, 0) is 6.92 Å². The highest BCUT2D eigenvalue weighted by Gasteiger charge is 2.15. The highest BCUT2D eigenvalue weighted by molar-refractivity contribution is 5.75. The lowest BCUT2D eigenvalue weighted by atomic mass is 10.1. The maximum Gasteiger partial charge on any atom is 0.323 e. The van der Waals surface area contributed by atoms with Gasteiger partial charge in [0.2, 0.25) is 0 Å². The fourth-order valence-corrected chi connectivity index (χ4v) is 1.08. The number of hydrogen-bond donors (Lipinski definition) is 2. The molecule has 15 heavy (non-hydrogen) atoms. The predicted molar refractivity (Wildman–Crippen MR) is 53.2 cm³/mol. The molecule has 6 nitrogen and oxygen atoms in total. The number of nitrogens with one attached hydrogen (secondary N) is 1. The van der Waals surface area contributed by atoms with Crippen molar-refractivity contribution < 1.29 is 9.53 Å². The Bertz CT molecular complexity index is 388. The van der Waals surface area contributed by atoms with E-state index in [0.717, 1.165) is 0 Å². The van der Waals surface area contributed by atoms with Gasteiger partial charge < -0.3 is 15.5 Å². The normalized spacial score (nSPS) is 12.1. The second-order valence-corrected chi connectivity index (χ2v) is 2.97. The number of aromatic amines is 1. The van der Waals surface area contributed by atoms with Crippen LogP contribution in [0.5, 0.6) is 0 Å². The summed E-state index contributed by atoms with van der Waals surface area (Å²) in [6.07, 6.45) is 1.47. The van der Waals surface area contributed by atoms with E-state index in [1.165, 1.54) is 12.4 Å². The average molecular weight is 211 g/mol. The van der Waals surface area contributed by atoms with Crippen molar-refractivity contribution in [2.45, 2.75) is 19.4 Å². The first-order valence-corrected chi connectivity index (χ1v) is 4.59. The molecule has 1 aromatic rings. The molecule has 3 N–H and O–H groups in total. The Balaban J connectivity index is 2.62. The number of carbonyl (C=O) groups is 1. The van der Waals surface area contributed by atoms with E-state index >= 15 is 0 Å². The SMILES string of the molecule is CCOC(=O)C(N)Cc1cc(=O)[nH]cn1. The summed E-state index contributed by atoms with van der Waals surface area (Å²) >= 11 is 0. The zero-order valence-corrected chi connectivity index (χ0v) is 8.40. The fourth-order valence-electron chi connectivity index (χ4n) is 1.08. The fraction of sp³-hybridized carbons (Fsp3) is 0.444. The summed E-state index contributed by atoms with van der Waals surface area (Å²) < 4.78 is 4.73. The lowest BCUT2D eigenvalue weighted by Crippen LogP contribution is -2.35. The van der Waals surface area contributed by atoms with Gasteiger partial charge in [0.1, 0.15) is 6.04 Å². The molecule has 0 radical (unpaired) electrons. The van der Waals surface area contributed by atoms with Crippen molar-refractivity contribution in [1.82, 2.24) is 9.97 Å². The Morgan fingerprint density at radius 3 is 3.07 bits per heavy atom. The minimum absolute atomic E-state index is 0.197. The zero-order valence-electron chi connectivity index (χ0n) is 8.40. The molecule has 0 saturated heterocycles. The molecule has 0 saturated carbocycles. The Morgan fingerprint density at radius 2 is 2.47 bits per heavy atom. The van der Waals surface area contributed by atoms with Gasteiger partial charge in [-0.25, -0.2) is 4.98 Å². The molecule has 0 aromatic carbocycles. The molecule has 0 spiro atoms. The minimum atomic E-state index is -0.778. The first-order valence-electron chi connectivity index (χ1n) is 4.59. The molecule has 0 aliphatic heterocycles. The van der Waals surface area contributed by atoms with E-state index in [4.69, 9.17) is 10.5 Å². The van der Waals surface area contributed by atoms with Crippen LogP contribution in [-0.2, 0) is 16.0 Å². The van der Waals surface area contributed by atoms with Crippen LogP contribution in [0.4, 0.5) is 0 Å². The van der Waals surface area contributed by atoms with Crippen molar-refractivity contribution in [2.24, 2.45) is 5.73 Å². The molecule has 6 heteroatoms. The molecule has 0 fully saturated rings. The van der Waals surface area contributed by atoms with Crippen LogP contribution < -0.4 is 11.3 Å². The first-order chi connectivity index (χ1) is 7.13. The van der Waals surface area contributed by atoms with Crippen molar-refractivity contribution in [1.29, 1.82) is 0 Å². The Morgan fingerprint density at radius 1 is 1.73 bits per heavy atom. The Labute approximate surface area is 86.5 Å². The molecule has 82 valence electrons. The summed E-state index contributed by atoms with van der Waals surface area (Å²) in [5, 5.41) is 0. The van der Waals surface area contributed by atoms with E-state index in [1.54, 1.807) is 6.92 Å². The molecule has 0 bridgehead atoms. The molecular formula is C9H13N3O3. The van der Waals surface area contributed by atoms with Crippen LogP contribution in [0.2, 0.25) is 0 Å². The quantitative estimate of drug-likeness (QED) is 0.635. The van der Waals surface area contributed by atoms with Crippen molar-refractivity contribution >= 4 is 5.97 Å². The maximum atomic E-state index is 11.2. The number of H-pyrrole nitrogens is 1. The number of nitrogens with zero attached hydrogens (tertiary/aromatic N) is 1. The third kappa shape index (κ3) is 3.51. The van der Waals surface area contributed by atoms with Gasteiger partial charge in [-0.2, -0.15) is 0 Å². The van der Waals surface area contributed by atoms with E-state index < -0.39 is 12.0 Å². The van der Waals surface area contributed by atoms with Crippen LogP contribution in [0.15, 0.2) is 17.2 Å². The van der Waals surface area contributed by atoms with Crippen LogP contribution >= 0.6 is 0 Å². The molecule has 0 aliphatic carbocycles. The summed E-state index contributed by atoms with van der Waals surface area (Å²) in [4.78, 5) is 28.3. The number of ether oxygens (including phenoxy) is 1. The summed E-state index contributed by atoms with van der Waals surface area (Å²) in [5.41, 5.74) is 5.76. The molecule has 0 amide bonds. The maximum absolute atomic E-state index is 11.2. The Kier molecular flexibility index (Phi) is 3.99. The van der Waals surface area contributed by atoms with Crippen molar-refractivity contribution in [3.05, 3.63) is 28.4 Å². The zero-order chi connectivity index (χ0) is 11.3. The van der Waals surface area contributed by atoms with E-state index in [9.17, 15) is 9.59 Å². The van der Waals surface area contributed by atoms with Gasteiger partial charge >= 0.3 is 5.97 Å². The molecule has 0 aliphatic rings. The predicted octanol–water partition coefficient (Wildman–Crippen LogP) is -0.797. The number of esters is 1. The largest absolute Gasteiger partial charge is 0.465 e. The smallest absolute Gasteiger partial charge is 0.323 e. The van der Waals surface area contributed by atoms with Gasteiger partial charge in [0.25, 0.3) is 5.56 Å². The van der Waals surface area contributed by atoms with Gasteiger partial charge in [-0.1, -0.05) is 0 Å². The molecule has 1 atom stereocenters. The first kappa shape index (κ1) is 11.4. The van der Waals surface area contributed by atoms with Crippen LogP contribution in [0, 0.1) is 0 Å². The van der Waals surface area contributed by atoms with Crippen molar-refractivity contribution in [2.75, 3.05) is 6.61 Å². The second kappa shape index (κ2) is 5.26. The lowest BCUT2D eigenvalue weighted by molar-refractivity contribution is -0.144. The second-order valence-electron chi connectivity index (χ2n) is 2.97. The number of carbonyl (C=O) groups excluding carboxylic acids is 1. The van der Waals surface area contributed by atoms with E-state index in [1.807, 2.05) is 0 Å². The van der Waals surface area contributed by atoms with Crippen LogP contribution in [-0.4, -0.2) is 28.6 Å². The topological polar surface area (TPSA) is 98.1 Å². The van der Waals surface area contributed by atoms with Crippen molar-refractivity contribution in [3.8, 4) is 0 Å². The number of aromatic nitrogens is 2. The van der Waals surface area contributed by atoms with Crippen LogP contribution in [0.1, 0.15) is 12.6 Å². The molecule has 1 unspecified atom stereocenters. The van der Waals surface area contributed by atoms with Crippen LogP contribution in [0.25, 0.3) is 0 Å². The lowest BCUT2D eigenvalue weighted by Gasteiger charge is -2.09. The summed E-state index contributed by atoms with van der Waals surface area (Å²) in [6.45, 7) is 1.99. The van der Waals surface area contributed by atoms with E-state index in [2.05, 4.69) is 9.97 Å². The van der Waals surface area contributed by atoms with Gasteiger partial charge in [-0.15, -0.1) is 0 Å². The molecular weight excluding hydrogens is 198 g/mol. The van der Waals surface area contributed by atoms with Gasteiger partial charge in [-0.3, -0.25) is 9.59 Å². The summed E-state index contributed by atoms with van der Waals surface area (Å²) in [7, 11) is 0. The standard InChI is InChI=1S/C9H13N3O3/c1-2-15-9(14)7(10)3-6-4-8(13)12-5-11-6/h4-5,7H,2-3,10H2,1H3,(H,11,12,13). The third-order valence-electron chi connectivity index (χ3n) is 1.75.